The molecule has 178 valence electrons. The van der Waals surface area contributed by atoms with E-state index in [0.717, 1.165) is 56.1 Å². The first-order valence-electron chi connectivity index (χ1n) is 12.2. The molecular formula is C27H39N5O. The maximum Gasteiger partial charge on any atom is 0.253 e. The van der Waals surface area contributed by atoms with Crippen LogP contribution in [0.2, 0.25) is 0 Å². The first kappa shape index (κ1) is 24.8. The van der Waals surface area contributed by atoms with Gasteiger partial charge in [0.2, 0.25) is 0 Å². The highest BCUT2D eigenvalue weighted by Crippen LogP contribution is 2.20. The standard InChI is InChI=1S/C27H39N5O/c1-5-31(6-2)26(33)24-14-12-22(13-15-24)19-29-27(28-4)30-25-16-17-32(21(3)18-25)20-23-10-8-7-9-11-23/h7-15,21,25H,5-6,16-20H2,1-4H3,(H2,28,29,30). The number of carbonyl (C=O) groups is 1. The van der Waals surface area contributed by atoms with Crippen LogP contribution in [0.25, 0.3) is 0 Å². The molecule has 2 atom stereocenters. The van der Waals surface area contributed by atoms with Gasteiger partial charge in [0.05, 0.1) is 0 Å². The van der Waals surface area contributed by atoms with Crippen molar-refractivity contribution in [2.24, 2.45) is 4.99 Å². The molecule has 1 heterocycles. The smallest absolute Gasteiger partial charge is 0.253 e. The maximum atomic E-state index is 12.5. The van der Waals surface area contributed by atoms with E-state index in [1.54, 1.807) is 0 Å². The summed E-state index contributed by atoms with van der Waals surface area (Å²) in [5.74, 6) is 0.914. The molecule has 2 N–H and O–H groups in total. The lowest BCUT2D eigenvalue weighted by Crippen LogP contribution is -2.51. The van der Waals surface area contributed by atoms with E-state index in [0.29, 0.717) is 18.6 Å². The zero-order chi connectivity index (χ0) is 23.6. The third kappa shape index (κ3) is 7.06. The van der Waals surface area contributed by atoms with Gasteiger partial charge >= 0.3 is 0 Å². The molecule has 6 nitrogen and oxygen atoms in total. The van der Waals surface area contributed by atoms with Crippen LogP contribution >= 0.6 is 0 Å². The van der Waals surface area contributed by atoms with E-state index in [9.17, 15) is 4.79 Å². The van der Waals surface area contributed by atoms with Crippen molar-refractivity contribution in [1.29, 1.82) is 0 Å². The van der Waals surface area contributed by atoms with Crippen LogP contribution in [-0.4, -0.2) is 60.4 Å². The molecule has 1 aliphatic heterocycles. The highest BCUT2D eigenvalue weighted by atomic mass is 16.2. The average Bonchev–Trinajstić information content (AvgIpc) is 2.85. The minimum atomic E-state index is 0.0877. The Morgan fingerprint density at radius 1 is 1.06 bits per heavy atom. The van der Waals surface area contributed by atoms with E-state index in [2.05, 4.69) is 57.8 Å². The summed E-state index contributed by atoms with van der Waals surface area (Å²) < 4.78 is 0. The molecule has 3 rings (SSSR count). The summed E-state index contributed by atoms with van der Waals surface area (Å²) in [6.45, 7) is 10.5. The molecule has 0 aliphatic carbocycles. The van der Waals surface area contributed by atoms with E-state index in [1.165, 1.54) is 5.56 Å². The third-order valence-electron chi connectivity index (χ3n) is 6.52. The van der Waals surface area contributed by atoms with Gasteiger partial charge in [0.25, 0.3) is 5.91 Å². The molecule has 0 spiro atoms. The van der Waals surface area contributed by atoms with Crippen molar-refractivity contribution in [1.82, 2.24) is 20.4 Å². The normalized spacial score (nSPS) is 19.2. The van der Waals surface area contributed by atoms with Crippen molar-refractivity contribution in [2.75, 3.05) is 26.7 Å². The molecule has 1 aliphatic rings. The van der Waals surface area contributed by atoms with Gasteiger partial charge < -0.3 is 15.5 Å². The van der Waals surface area contributed by atoms with Gasteiger partial charge in [-0.15, -0.1) is 0 Å². The Morgan fingerprint density at radius 3 is 2.36 bits per heavy atom. The average molecular weight is 450 g/mol. The Kier molecular flexibility index (Phi) is 9.31. The molecule has 0 aromatic heterocycles. The van der Waals surface area contributed by atoms with E-state index in [4.69, 9.17) is 0 Å². The molecular weight excluding hydrogens is 410 g/mol. The summed E-state index contributed by atoms with van der Waals surface area (Å²) in [4.78, 5) is 21.3. The van der Waals surface area contributed by atoms with Crippen molar-refractivity contribution in [3.8, 4) is 0 Å². The Balaban J connectivity index is 1.47. The number of carbonyl (C=O) groups excluding carboxylic acids is 1. The van der Waals surface area contributed by atoms with Crippen LogP contribution in [0, 0.1) is 0 Å². The van der Waals surface area contributed by atoms with Crippen LogP contribution in [0.1, 0.15) is 55.1 Å². The number of hydrogen-bond acceptors (Lipinski definition) is 3. The first-order valence-corrected chi connectivity index (χ1v) is 12.2. The molecule has 1 saturated heterocycles. The van der Waals surface area contributed by atoms with Crippen molar-refractivity contribution < 1.29 is 4.79 Å². The zero-order valence-electron chi connectivity index (χ0n) is 20.6. The van der Waals surface area contributed by atoms with Crippen molar-refractivity contribution >= 4 is 11.9 Å². The van der Waals surface area contributed by atoms with Gasteiger partial charge in [-0.1, -0.05) is 42.5 Å². The molecule has 0 saturated carbocycles. The SMILES string of the molecule is CCN(CC)C(=O)c1ccc(CNC(=NC)NC2CCN(Cc3ccccc3)C(C)C2)cc1. The molecule has 1 fully saturated rings. The largest absolute Gasteiger partial charge is 0.354 e. The minimum Gasteiger partial charge on any atom is -0.354 e. The number of amides is 1. The second-order valence-corrected chi connectivity index (χ2v) is 8.77. The molecule has 6 heteroatoms. The predicted octanol–water partition coefficient (Wildman–Crippen LogP) is 3.89. The van der Waals surface area contributed by atoms with E-state index in [-0.39, 0.29) is 5.91 Å². The predicted molar refractivity (Wildman–Crippen MR) is 136 cm³/mol. The summed E-state index contributed by atoms with van der Waals surface area (Å²) in [5, 5.41) is 7.02. The van der Waals surface area contributed by atoms with Gasteiger partial charge in [-0.05, 0) is 56.9 Å². The lowest BCUT2D eigenvalue weighted by molar-refractivity contribution is 0.0773. The van der Waals surface area contributed by atoms with Crippen LogP contribution in [-0.2, 0) is 13.1 Å². The van der Waals surface area contributed by atoms with Gasteiger partial charge in [-0.3, -0.25) is 14.7 Å². The molecule has 33 heavy (non-hydrogen) atoms. The summed E-state index contributed by atoms with van der Waals surface area (Å²) in [5.41, 5.74) is 3.24. The van der Waals surface area contributed by atoms with Gasteiger partial charge in [-0.2, -0.15) is 0 Å². The van der Waals surface area contributed by atoms with Crippen molar-refractivity contribution in [2.45, 2.75) is 58.8 Å². The molecule has 1 amide bonds. The second-order valence-electron chi connectivity index (χ2n) is 8.77. The van der Waals surface area contributed by atoms with Crippen LogP contribution in [0.3, 0.4) is 0 Å². The Labute approximate surface area is 199 Å². The first-order chi connectivity index (χ1) is 16.0. The number of aliphatic imine (C=N–C) groups is 1. The summed E-state index contributed by atoms with van der Waals surface area (Å²) in [7, 11) is 1.81. The van der Waals surface area contributed by atoms with Gasteiger partial charge in [0, 0.05) is 57.4 Å². The van der Waals surface area contributed by atoms with Gasteiger partial charge in [-0.25, -0.2) is 0 Å². The Hall–Kier alpha value is -2.86. The fourth-order valence-corrected chi connectivity index (χ4v) is 4.44. The number of nitrogens with zero attached hydrogens (tertiary/aromatic N) is 3. The quantitative estimate of drug-likeness (QED) is 0.474. The topological polar surface area (TPSA) is 60.0 Å². The van der Waals surface area contributed by atoms with Crippen molar-refractivity contribution in [3.63, 3.8) is 0 Å². The highest BCUT2D eigenvalue weighted by Gasteiger charge is 2.26. The number of piperidine rings is 1. The van der Waals surface area contributed by atoms with Gasteiger partial charge in [0.15, 0.2) is 5.96 Å². The van der Waals surface area contributed by atoms with Gasteiger partial charge in [0.1, 0.15) is 0 Å². The number of benzene rings is 2. The number of rotatable bonds is 8. The van der Waals surface area contributed by atoms with Crippen LogP contribution in [0.15, 0.2) is 59.6 Å². The maximum absolute atomic E-state index is 12.5. The monoisotopic (exact) mass is 449 g/mol. The molecule has 0 bridgehead atoms. The van der Waals surface area contributed by atoms with Crippen LogP contribution < -0.4 is 10.6 Å². The fourth-order valence-electron chi connectivity index (χ4n) is 4.44. The molecule has 0 radical (unpaired) electrons. The molecule has 2 aromatic rings. The Bertz CT molecular complexity index is 892. The third-order valence-corrected chi connectivity index (χ3v) is 6.52. The number of guanidine groups is 1. The van der Waals surface area contributed by atoms with E-state index >= 15 is 0 Å². The minimum absolute atomic E-state index is 0.0877. The lowest BCUT2D eigenvalue weighted by Gasteiger charge is -2.38. The number of likely N-dealkylation sites (tertiary alicyclic amines) is 1. The summed E-state index contributed by atoms with van der Waals surface area (Å²) in [6.07, 6.45) is 2.19. The molecule has 2 aromatic carbocycles. The number of nitrogens with one attached hydrogen (secondary N) is 2. The highest BCUT2D eigenvalue weighted by molar-refractivity contribution is 5.94. The van der Waals surface area contributed by atoms with Crippen LogP contribution in [0.4, 0.5) is 0 Å². The Morgan fingerprint density at radius 2 is 1.76 bits per heavy atom. The second kappa shape index (κ2) is 12.4. The van der Waals surface area contributed by atoms with E-state index in [1.807, 2.05) is 50.1 Å². The fraction of sp³-hybridized carbons (Fsp3) is 0.481. The lowest BCUT2D eigenvalue weighted by atomic mass is 9.97. The van der Waals surface area contributed by atoms with Crippen LogP contribution in [0.5, 0.6) is 0 Å². The summed E-state index contributed by atoms with van der Waals surface area (Å²) in [6, 6.07) is 19.5. The number of hydrogen-bond donors (Lipinski definition) is 2. The van der Waals surface area contributed by atoms with E-state index < -0.39 is 0 Å². The molecule has 2 unspecified atom stereocenters. The zero-order valence-corrected chi connectivity index (χ0v) is 20.6. The summed E-state index contributed by atoms with van der Waals surface area (Å²) >= 11 is 0. The van der Waals surface area contributed by atoms with Crippen molar-refractivity contribution in [3.05, 3.63) is 71.3 Å².